The molecule has 2 unspecified atom stereocenters. The molecule has 1 aromatic carbocycles. The van der Waals surface area contributed by atoms with Crippen molar-refractivity contribution in [1.82, 2.24) is 15.0 Å². The molecule has 8 heteroatoms. The van der Waals surface area contributed by atoms with Gasteiger partial charge < -0.3 is 19.1 Å². The number of nitrogens with zero attached hydrogens (tertiary/aromatic N) is 4. The third-order valence-corrected chi connectivity index (χ3v) is 8.09. The summed E-state index contributed by atoms with van der Waals surface area (Å²) in [6, 6.07) is 8.80. The van der Waals surface area contributed by atoms with Gasteiger partial charge in [-0.05, 0) is 80.4 Å². The van der Waals surface area contributed by atoms with Crippen molar-refractivity contribution < 1.29 is 18.4 Å². The Morgan fingerprint density at radius 2 is 1.78 bits per heavy atom. The molecule has 37 heavy (non-hydrogen) atoms. The number of halogens is 1. The normalized spacial score (nSPS) is 22.0. The van der Waals surface area contributed by atoms with Crippen molar-refractivity contribution in [3.63, 3.8) is 0 Å². The zero-order valence-electron chi connectivity index (χ0n) is 22.7. The van der Waals surface area contributed by atoms with Gasteiger partial charge in [-0.3, -0.25) is 9.18 Å². The lowest BCUT2D eigenvalue weighted by atomic mass is 9.90. The zero-order valence-corrected chi connectivity index (χ0v) is 22.7. The molecule has 1 aliphatic carbocycles. The van der Waals surface area contributed by atoms with Crippen LogP contribution in [0.3, 0.4) is 0 Å². The highest BCUT2D eigenvalue weighted by Gasteiger charge is 2.43. The third kappa shape index (κ3) is 7.45. The van der Waals surface area contributed by atoms with Crippen LogP contribution in [0.5, 0.6) is 5.75 Å². The van der Waals surface area contributed by atoms with Gasteiger partial charge in [0, 0.05) is 32.1 Å². The molecule has 7 nitrogen and oxygen atoms in total. The summed E-state index contributed by atoms with van der Waals surface area (Å²) >= 11 is 0. The molecule has 3 fully saturated rings. The molecule has 0 radical (unpaired) electrons. The van der Waals surface area contributed by atoms with Crippen LogP contribution in [-0.4, -0.2) is 60.9 Å². The molecular weight excluding hydrogens is 471 g/mol. The summed E-state index contributed by atoms with van der Waals surface area (Å²) in [6.07, 6.45) is 8.90. The second-order valence-electron chi connectivity index (χ2n) is 11.0. The summed E-state index contributed by atoms with van der Waals surface area (Å²) in [5.41, 5.74) is 1.07. The number of rotatable bonds is 9. The van der Waals surface area contributed by atoms with E-state index >= 15 is 0 Å². The average Bonchev–Trinajstić information content (AvgIpc) is 3.53. The van der Waals surface area contributed by atoms with Crippen LogP contribution in [0, 0.1) is 17.8 Å². The first-order valence-corrected chi connectivity index (χ1v) is 14.0. The number of ether oxygens (including phenoxy) is 1. The number of likely N-dealkylation sites (tertiary alicyclic amines) is 1. The summed E-state index contributed by atoms with van der Waals surface area (Å²) in [7, 11) is 0.500. The van der Waals surface area contributed by atoms with Gasteiger partial charge in [0.2, 0.25) is 5.91 Å². The molecule has 1 aromatic heterocycles. The topological polar surface area (TPSA) is 71.7 Å². The first-order chi connectivity index (χ1) is 18.1. The van der Waals surface area contributed by atoms with E-state index < -0.39 is 0 Å². The number of carbonyl (C=O) groups is 1. The molecule has 5 rings (SSSR count). The van der Waals surface area contributed by atoms with E-state index in [0.29, 0.717) is 25.5 Å². The summed E-state index contributed by atoms with van der Waals surface area (Å²) in [6.45, 7) is 8.80. The summed E-state index contributed by atoms with van der Waals surface area (Å²) in [5.74, 6) is 4.70. The number of hydrogen-bond donors (Lipinski definition) is 0. The Bertz CT molecular complexity index is 966. The Hall–Kier alpha value is -2.64. The maximum atomic E-state index is 12.5. The fourth-order valence-electron chi connectivity index (χ4n) is 5.75. The van der Waals surface area contributed by atoms with E-state index in [-0.39, 0.29) is 5.91 Å². The average molecular weight is 515 g/mol. The Labute approximate surface area is 220 Å². The minimum Gasteiger partial charge on any atom is -0.494 e. The molecule has 0 bridgehead atoms. The SMILES string of the molecule is CC(C)c1noc(N2CCC(C3CC3CCOc3ccc(CC(=O)N4CCCCC4)cc3)CC2)n1.CF. The number of piperidine rings is 2. The van der Waals surface area contributed by atoms with Gasteiger partial charge >= 0.3 is 6.01 Å². The van der Waals surface area contributed by atoms with Gasteiger partial charge in [0.15, 0.2) is 5.82 Å². The van der Waals surface area contributed by atoms with E-state index in [4.69, 9.17) is 9.26 Å². The second-order valence-corrected chi connectivity index (χ2v) is 11.0. The molecule has 2 atom stereocenters. The van der Waals surface area contributed by atoms with Crippen LogP contribution in [0.15, 0.2) is 28.8 Å². The fourth-order valence-corrected chi connectivity index (χ4v) is 5.75. The van der Waals surface area contributed by atoms with Crippen LogP contribution in [0.25, 0.3) is 0 Å². The number of hydrogen-bond acceptors (Lipinski definition) is 6. The summed E-state index contributed by atoms with van der Waals surface area (Å²) < 4.78 is 21.0. The van der Waals surface area contributed by atoms with Gasteiger partial charge in [0.05, 0.1) is 20.2 Å². The lowest BCUT2D eigenvalue weighted by Gasteiger charge is -2.30. The van der Waals surface area contributed by atoms with Crippen LogP contribution < -0.4 is 9.64 Å². The molecule has 0 N–H and O–H groups in total. The second kappa shape index (κ2) is 13.2. The van der Waals surface area contributed by atoms with Crippen molar-refractivity contribution in [3.05, 3.63) is 35.7 Å². The molecule has 2 saturated heterocycles. The van der Waals surface area contributed by atoms with E-state index in [9.17, 15) is 9.18 Å². The third-order valence-electron chi connectivity index (χ3n) is 8.09. The van der Waals surface area contributed by atoms with Crippen LogP contribution in [0.4, 0.5) is 10.4 Å². The van der Waals surface area contributed by atoms with E-state index in [1.807, 2.05) is 29.2 Å². The Morgan fingerprint density at radius 3 is 2.43 bits per heavy atom. The fraction of sp³-hybridized carbons (Fsp3) is 0.690. The monoisotopic (exact) mass is 514 g/mol. The molecule has 3 aliphatic rings. The maximum Gasteiger partial charge on any atom is 0.324 e. The number of carbonyl (C=O) groups excluding carboxylic acids is 1. The van der Waals surface area contributed by atoms with Gasteiger partial charge in [-0.15, -0.1) is 0 Å². The predicted octanol–water partition coefficient (Wildman–Crippen LogP) is 5.66. The first-order valence-electron chi connectivity index (χ1n) is 14.0. The molecule has 1 amide bonds. The lowest BCUT2D eigenvalue weighted by Crippen LogP contribution is -2.36. The smallest absolute Gasteiger partial charge is 0.324 e. The van der Waals surface area contributed by atoms with Crippen molar-refractivity contribution in [3.8, 4) is 5.75 Å². The molecule has 1 saturated carbocycles. The van der Waals surface area contributed by atoms with Crippen LogP contribution in [0.2, 0.25) is 0 Å². The van der Waals surface area contributed by atoms with Gasteiger partial charge in [0.1, 0.15) is 5.75 Å². The van der Waals surface area contributed by atoms with E-state index in [2.05, 4.69) is 28.9 Å². The van der Waals surface area contributed by atoms with Gasteiger partial charge in [-0.1, -0.05) is 31.1 Å². The van der Waals surface area contributed by atoms with Crippen LogP contribution in [-0.2, 0) is 11.2 Å². The van der Waals surface area contributed by atoms with Gasteiger partial charge in [0.25, 0.3) is 0 Å². The number of anilines is 1. The highest BCUT2D eigenvalue weighted by molar-refractivity contribution is 5.78. The largest absolute Gasteiger partial charge is 0.494 e. The van der Waals surface area contributed by atoms with E-state index in [0.717, 1.165) is 86.9 Å². The number of alkyl halides is 1. The number of benzene rings is 1. The highest BCUT2D eigenvalue weighted by Crippen LogP contribution is 2.50. The van der Waals surface area contributed by atoms with Crippen LogP contribution in [0.1, 0.15) is 76.1 Å². The highest BCUT2D eigenvalue weighted by atomic mass is 19.1. The van der Waals surface area contributed by atoms with Gasteiger partial charge in [-0.25, -0.2) is 0 Å². The first kappa shape index (κ1) is 27.4. The number of aromatic nitrogens is 2. The zero-order chi connectivity index (χ0) is 26.2. The molecule has 0 spiro atoms. The molecule has 2 aromatic rings. The van der Waals surface area contributed by atoms with Crippen LogP contribution >= 0.6 is 0 Å². The molecule has 2 aliphatic heterocycles. The maximum absolute atomic E-state index is 12.5. The van der Waals surface area contributed by atoms with Crippen molar-refractivity contribution in [2.75, 3.05) is 44.9 Å². The van der Waals surface area contributed by atoms with Crippen molar-refractivity contribution in [2.24, 2.45) is 17.8 Å². The molecule has 204 valence electrons. The quantitative estimate of drug-likeness (QED) is 0.430. The summed E-state index contributed by atoms with van der Waals surface area (Å²) in [5, 5.41) is 4.11. The molecular formula is C29H43FN4O3. The standard InChI is InChI=1S/C28H40N4O3.CH3F/c1-20(2)27-29-28(35-30-27)32-15-10-22(11-16-32)25-19-23(25)12-17-34-24-8-6-21(7-9-24)18-26(33)31-13-4-3-5-14-31;1-2/h6-9,20,22-23,25H,3-5,10-19H2,1-2H3;1H3. The Balaban J connectivity index is 0.00000156. The Kier molecular flexibility index (Phi) is 9.81. The van der Waals surface area contributed by atoms with Crippen molar-refractivity contribution in [2.45, 2.75) is 71.1 Å². The summed E-state index contributed by atoms with van der Waals surface area (Å²) in [4.78, 5) is 21.3. The van der Waals surface area contributed by atoms with Crippen molar-refractivity contribution in [1.29, 1.82) is 0 Å². The minimum atomic E-state index is 0.251. The predicted molar refractivity (Wildman–Crippen MR) is 143 cm³/mol. The lowest BCUT2D eigenvalue weighted by molar-refractivity contribution is -0.131. The molecule has 3 heterocycles. The minimum absolute atomic E-state index is 0.251. The Morgan fingerprint density at radius 1 is 1.08 bits per heavy atom. The van der Waals surface area contributed by atoms with Crippen molar-refractivity contribution >= 4 is 11.9 Å². The number of amides is 1. The van der Waals surface area contributed by atoms with E-state index in [1.165, 1.54) is 25.7 Å². The van der Waals surface area contributed by atoms with Gasteiger partial charge in [-0.2, -0.15) is 4.98 Å². The van der Waals surface area contributed by atoms with E-state index in [1.54, 1.807) is 0 Å².